The fourth-order valence-electron chi connectivity index (χ4n) is 3.20. The highest BCUT2D eigenvalue weighted by molar-refractivity contribution is 5.93. The number of rotatable bonds is 6. The van der Waals surface area contributed by atoms with Crippen LogP contribution in [0, 0.1) is 11.3 Å². The van der Waals surface area contributed by atoms with E-state index in [0.29, 0.717) is 11.4 Å². The molecule has 2 aromatic rings. The first-order chi connectivity index (χ1) is 12.2. The number of amides is 1. The number of para-hydroxylation sites is 1. The van der Waals surface area contributed by atoms with Gasteiger partial charge in [-0.25, -0.2) is 4.68 Å². The Morgan fingerprint density at radius 2 is 2.04 bits per heavy atom. The molecule has 1 aliphatic rings. The van der Waals surface area contributed by atoms with E-state index in [4.69, 9.17) is 0 Å². The summed E-state index contributed by atoms with van der Waals surface area (Å²) in [5, 5.41) is 29.0. The zero-order chi connectivity index (χ0) is 17.7. The first-order valence-electron chi connectivity index (χ1n) is 8.37. The van der Waals surface area contributed by atoms with Gasteiger partial charge in [0.05, 0.1) is 25.0 Å². The maximum Gasteiger partial charge on any atom is 0.239 e. The number of benzene rings is 1. The van der Waals surface area contributed by atoms with Crippen molar-refractivity contribution < 1.29 is 9.90 Å². The van der Waals surface area contributed by atoms with Crippen molar-refractivity contribution >= 4 is 11.7 Å². The molecule has 3 rings (SSSR count). The molecule has 1 aromatic heterocycles. The number of carbonyl (C=O) groups excluding carboxylic acids is 1. The van der Waals surface area contributed by atoms with Crippen LogP contribution in [-0.4, -0.2) is 39.5 Å². The van der Waals surface area contributed by atoms with Crippen molar-refractivity contribution in [2.45, 2.75) is 31.2 Å². The average molecular weight is 339 g/mol. The van der Waals surface area contributed by atoms with Crippen molar-refractivity contribution in [2.75, 3.05) is 18.5 Å². The number of aliphatic hydroxyl groups excluding tert-OH is 1. The second-order valence-corrected chi connectivity index (χ2v) is 6.31. The number of carbonyl (C=O) groups is 1. The van der Waals surface area contributed by atoms with E-state index in [9.17, 15) is 15.2 Å². The van der Waals surface area contributed by atoms with Crippen molar-refractivity contribution in [2.24, 2.45) is 0 Å². The third kappa shape index (κ3) is 3.71. The maximum atomic E-state index is 12.4. The van der Waals surface area contributed by atoms with E-state index in [0.717, 1.165) is 31.4 Å². The van der Waals surface area contributed by atoms with E-state index in [-0.39, 0.29) is 24.6 Å². The van der Waals surface area contributed by atoms with Gasteiger partial charge in [-0.3, -0.25) is 4.79 Å². The normalized spacial score (nSPS) is 15.7. The SMILES string of the molecule is N#Cc1cnn(-c2ccccc2)c1NC(=O)CNC1(CO)CCCC1. The lowest BCUT2D eigenvalue weighted by molar-refractivity contribution is -0.115. The molecule has 130 valence electrons. The number of hydrogen-bond acceptors (Lipinski definition) is 5. The first kappa shape index (κ1) is 17.1. The van der Waals surface area contributed by atoms with Crippen LogP contribution in [0.25, 0.3) is 5.69 Å². The van der Waals surface area contributed by atoms with Gasteiger partial charge < -0.3 is 15.7 Å². The fourth-order valence-corrected chi connectivity index (χ4v) is 3.20. The lowest BCUT2D eigenvalue weighted by Gasteiger charge is -2.27. The van der Waals surface area contributed by atoms with Gasteiger partial charge in [0.25, 0.3) is 0 Å². The van der Waals surface area contributed by atoms with Gasteiger partial charge in [-0.05, 0) is 25.0 Å². The minimum absolute atomic E-state index is 0.0195. The number of nitrogens with zero attached hydrogens (tertiary/aromatic N) is 3. The Kier molecular flexibility index (Phi) is 5.12. The highest BCUT2D eigenvalue weighted by Gasteiger charge is 2.33. The summed E-state index contributed by atoms with van der Waals surface area (Å²) in [5.74, 6) is 0.0823. The summed E-state index contributed by atoms with van der Waals surface area (Å²) in [6.45, 7) is 0.0943. The molecule has 25 heavy (non-hydrogen) atoms. The van der Waals surface area contributed by atoms with E-state index in [2.05, 4.69) is 15.7 Å². The topological polar surface area (TPSA) is 103 Å². The number of nitriles is 1. The zero-order valence-corrected chi connectivity index (χ0v) is 13.9. The Morgan fingerprint density at radius 1 is 1.32 bits per heavy atom. The largest absolute Gasteiger partial charge is 0.394 e. The summed E-state index contributed by atoms with van der Waals surface area (Å²) in [5.41, 5.74) is 0.694. The van der Waals surface area contributed by atoms with Crippen LogP contribution >= 0.6 is 0 Å². The molecule has 0 bridgehead atoms. The Bertz CT molecular complexity index is 773. The van der Waals surface area contributed by atoms with Gasteiger partial charge in [-0.1, -0.05) is 31.0 Å². The van der Waals surface area contributed by atoms with E-state index in [1.54, 1.807) is 0 Å². The molecule has 7 heteroatoms. The lowest BCUT2D eigenvalue weighted by Crippen LogP contribution is -2.49. The number of aromatic nitrogens is 2. The predicted molar refractivity (Wildman–Crippen MR) is 93.2 cm³/mol. The molecule has 7 nitrogen and oxygen atoms in total. The van der Waals surface area contributed by atoms with Crippen LogP contribution in [0.1, 0.15) is 31.2 Å². The second-order valence-electron chi connectivity index (χ2n) is 6.31. The van der Waals surface area contributed by atoms with Crippen LogP contribution in [0.4, 0.5) is 5.82 Å². The molecule has 0 atom stereocenters. The minimum Gasteiger partial charge on any atom is -0.394 e. The Hall–Kier alpha value is -2.69. The molecule has 0 saturated heterocycles. The summed E-state index contributed by atoms with van der Waals surface area (Å²) in [7, 11) is 0. The lowest BCUT2D eigenvalue weighted by atomic mass is 9.99. The highest BCUT2D eigenvalue weighted by Crippen LogP contribution is 2.29. The molecule has 0 radical (unpaired) electrons. The molecule has 1 amide bonds. The standard InChI is InChI=1S/C18H21N5O2/c19-10-14-11-21-23(15-6-2-1-3-7-15)17(14)22-16(25)12-20-18(13-24)8-4-5-9-18/h1-3,6-7,11,20,24H,4-5,8-9,12-13H2,(H,22,25). The van der Waals surface area contributed by atoms with Gasteiger partial charge in [0.15, 0.2) is 5.82 Å². The van der Waals surface area contributed by atoms with Gasteiger partial charge in [0.1, 0.15) is 11.6 Å². The molecule has 1 heterocycles. The molecule has 0 aliphatic heterocycles. The minimum atomic E-state index is -0.366. The monoisotopic (exact) mass is 339 g/mol. The van der Waals surface area contributed by atoms with Crippen LogP contribution in [0.3, 0.4) is 0 Å². The van der Waals surface area contributed by atoms with E-state index >= 15 is 0 Å². The number of nitrogens with one attached hydrogen (secondary N) is 2. The van der Waals surface area contributed by atoms with E-state index in [1.807, 2.05) is 36.4 Å². The Morgan fingerprint density at radius 3 is 2.68 bits per heavy atom. The van der Waals surface area contributed by atoms with Gasteiger partial charge >= 0.3 is 0 Å². The molecule has 1 aromatic carbocycles. The quantitative estimate of drug-likeness (QED) is 0.741. The number of hydrogen-bond donors (Lipinski definition) is 3. The van der Waals surface area contributed by atoms with Gasteiger partial charge in [-0.15, -0.1) is 0 Å². The predicted octanol–water partition coefficient (Wildman–Crippen LogP) is 1.58. The molecule has 1 fully saturated rings. The molecule has 1 saturated carbocycles. The van der Waals surface area contributed by atoms with Crippen molar-refractivity contribution in [3.8, 4) is 11.8 Å². The molecular formula is C18H21N5O2. The third-order valence-electron chi connectivity index (χ3n) is 4.64. The summed E-state index contributed by atoms with van der Waals surface area (Å²) >= 11 is 0. The smallest absolute Gasteiger partial charge is 0.239 e. The van der Waals surface area contributed by atoms with Crippen molar-refractivity contribution in [3.63, 3.8) is 0 Å². The van der Waals surface area contributed by atoms with Crippen molar-refractivity contribution in [1.29, 1.82) is 5.26 Å². The average Bonchev–Trinajstić information content (AvgIpc) is 3.28. The Balaban J connectivity index is 1.73. The summed E-state index contributed by atoms with van der Waals surface area (Å²) in [4.78, 5) is 12.4. The van der Waals surface area contributed by atoms with E-state index in [1.165, 1.54) is 10.9 Å². The molecule has 1 aliphatic carbocycles. The number of aliphatic hydroxyl groups is 1. The molecule has 0 unspecified atom stereocenters. The molecular weight excluding hydrogens is 318 g/mol. The first-order valence-corrected chi connectivity index (χ1v) is 8.37. The summed E-state index contributed by atoms with van der Waals surface area (Å²) < 4.78 is 1.54. The summed E-state index contributed by atoms with van der Waals surface area (Å²) in [6, 6.07) is 11.4. The highest BCUT2D eigenvalue weighted by atomic mass is 16.3. The molecule has 3 N–H and O–H groups in total. The van der Waals surface area contributed by atoms with Crippen LogP contribution in [-0.2, 0) is 4.79 Å². The number of anilines is 1. The van der Waals surface area contributed by atoms with Gasteiger partial charge in [0.2, 0.25) is 5.91 Å². The third-order valence-corrected chi connectivity index (χ3v) is 4.64. The van der Waals surface area contributed by atoms with Crippen LogP contribution in [0.15, 0.2) is 36.5 Å². The van der Waals surface area contributed by atoms with Crippen LogP contribution < -0.4 is 10.6 Å². The fraction of sp³-hybridized carbons (Fsp3) is 0.389. The van der Waals surface area contributed by atoms with Crippen LogP contribution in [0.5, 0.6) is 0 Å². The maximum absolute atomic E-state index is 12.4. The zero-order valence-electron chi connectivity index (χ0n) is 13.9. The van der Waals surface area contributed by atoms with Crippen molar-refractivity contribution in [1.82, 2.24) is 15.1 Å². The Labute approximate surface area is 146 Å². The molecule has 0 spiro atoms. The van der Waals surface area contributed by atoms with Gasteiger partial charge in [-0.2, -0.15) is 10.4 Å². The van der Waals surface area contributed by atoms with Gasteiger partial charge in [0, 0.05) is 5.54 Å². The summed E-state index contributed by atoms with van der Waals surface area (Å²) in [6.07, 6.45) is 5.26. The van der Waals surface area contributed by atoms with Crippen molar-refractivity contribution in [3.05, 3.63) is 42.1 Å². The van der Waals surface area contributed by atoms with Crippen LogP contribution in [0.2, 0.25) is 0 Å². The second kappa shape index (κ2) is 7.47. The van der Waals surface area contributed by atoms with E-state index < -0.39 is 0 Å².